The highest BCUT2D eigenvalue weighted by Gasteiger charge is 2.73. The summed E-state index contributed by atoms with van der Waals surface area (Å²) in [6, 6.07) is 9.97. The molecule has 5 fully saturated rings. The Hall–Kier alpha value is -2.17. The normalized spacial score (nSPS) is 46.0. The van der Waals surface area contributed by atoms with E-state index in [1.807, 2.05) is 30.3 Å². The van der Waals surface area contributed by atoms with E-state index in [0.29, 0.717) is 24.0 Å². The predicted octanol–water partition coefficient (Wildman–Crippen LogP) is 8.58. The minimum atomic E-state index is -0.588. The molecular formula is C39H56O5. The summed E-state index contributed by atoms with van der Waals surface area (Å²) in [5.74, 6) is 1.45. The molecule has 0 aliphatic heterocycles. The highest BCUT2D eigenvalue weighted by atomic mass is 16.5. The van der Waals surface area contributed by atoms with Gasteiger partial charge in [-0.15, -0.1) is 0 Å². The zero-order valence-corrected chi connectivity index (χ0v) is 28.5. The molecule has 6 rings (SSSR count). The maximum Gasteiger partial charge on any atom is 0.312 e. The molecule has 0 bridgehead atoms. The number of hydrogen-bond acceptors (Lipinski definition) is 5. The lowest BCUT2D eigenvalue weighted by Crippen LogP contribution is -2.70. The molecule has 1 aromatic carbocycles. The molecule has 0 aromatic heterocycles. The number of esters is 2. The van der Waals surface area contributed by atoms with Gasteiger partial charge in [-0.05, 0) is 103 Å². The number of carbonyl (C=O) groups is 3. The first-order valence-corrected chi connectivity index (χ1v) is 17.5. The van der Waals surface area contributed by atoms with Crippen molar-refractivity contribution >= 4 is 17.7 Å². The van der Waals surface area contributed by atoms with Gasteiger partial charge in [-0.1, -0.05) is 78.8 Å². The molecule has 5 aliphatic carbocycles. The lowest BCUT2D eigenvalue weighted by Gasteiger charge is -2.73. The van der Waals surface area contributed by atoms with E-state index in [2.05, 4.69) is 48.5 Å². The summed E-state index contributed by atoms with van der Waals surface area (Å²) in [7, 11) is 0. The number of Topliss-reactive ketones (excluding diaryl/α,β-unsaturated/α-hetero) is 1. The van der Waals surface area contributed by atoms with Crippen molar-refractivity contribution < 1.29 is 23.9 Å². The van der Waals surface area contributed by atoms with E-state index >= 15 is 0 Å². The van der Waals surface area contributed by atoms with Crippen molar-refractivity contribution in [2.24, 2.45) is 62.6 Å². The maximum absolute atomic E-state index is 14.8. The van der Waals surface area contributed by atoms with Gasteiger partial charge in [0.25, 0.3) is 0 Å². The fourth-order valence-corrected chi connectivity index (χ4v) is 12.5. The maximum atomic E-state index is 14.8. The van der Waals surface area contributed by atoms with Gasteiger partial charge in [-0.2, -0.15) is 0 Å². The van der Waals surface area contributed by atoms with Crippen LogP contribution in [0.2, 0.25) is 0 Å². The molecule has 0 amide bonds. The fourth-order valence-electron chi connectivity index (χ4n) is 12.5. The van der Waals surface area contributed by atoms with Crippen molar-refractivity contribution in [2.75, 3.05) is 0 Å². The van der Waals surface area contributed by atoms with Crippen molar-refractivity contribution in [1.29, 1.82) is 0 Å². The summed E-state index contributed by atoms with van der Waals surface area (Å²) < 4.78 is 12.1. The van der Waals surface area contributed by atoms with Crippen LogP contribution in [0, 0.1) is 62.6 Å². The second-order valence-electron chi connectivity index (χ2n) is 17.2. The summed E-state index contributed by atoms with van der Waals surface area (Å²) >= 11 is 0. The van der Waals surface area contributed by atoms with Crippen LogP contribution in [-0.4, -0.2) is 23.8 Å². The lowest BCUT2D eigenvalue weighted by molar-refractivity contribution is -0.251. The van der Waals surface area contributed by atoms with Crippen molar-refractivity contribution in [3.63, 3.8) is 0 Å². The molecule has 0 saturated heterocycles. The number of carbonyl (C=O) groups excluding carboxylic acids is 3. The van der Waals surface area contributed by atoms with Crippen LogP contribution in [0.1, 0.15) is 119 Å². The summed E-state index contributed by atoms with van der Waals surface area (Å²) in [4.78, 5) is 41.1. The molecule has 11 atom stereocenters. The van der Waals surface area contributed by atoms with Crippen molar-refractivity contribution in [1.82, 2.24) is 0 Å². The van der Waals surface area contributed by atoms with E-state index < -0.39 is 5.41 Å². The number of benzene rings is 1. The molecule has 0 N–H and O–H groups in total. The molecule has 5 saturated carbocycles. The summed E-state index contributed by atoms with van der Waals surface area (Å²) in [6.45, 7) is 18.5. The van der Waals surface area contributed by atoms with Crippen LogP contribution < -0.4 is 0 Å². The summed E-state index contributed by atoms with van der Waals surface area (Å²) in [5.41, 5.74) is 0.115. The van der Waals surface area contributed by atoms with Crippen LogP contribution >= 0.6 is 0 Å². The van der Waals surface area contributed by atoms with E-state index in [4.69, 9.17) is 9.47 Å². The zero-order chi connectivity index (χ0) is 31.9. The molecule has 0 radical (unpaired) electrons. The monoisotopic (exact) mass is 604 g/mol. The number of fused-ring (bicyclic) bond motifs is 7. The molecule has 0 spiro atoms. The van der Waals surface area contributed by atoms with Gasteiger partial charge >= 0.3 is 11.9 Å². The van der Waals surface area contributed by atoms with E-state index in [0.717, 1.165) is 56.9 Å². The topological polar surface area (TPSA) is 69.7 Å². The Morgan fingerprint density at radius 1 is 0.841 bits per heavy atom. The molecule has 5 heteroatoms. The Labute approximate surface area is 265 Å². The Morgan fingerprint density at radius 3 is 2.23 bits per heavy atom. The Bertz CT molecular complexity index is 1300. The minimum Gasteiger partial charge on any atom is -0.462 e. The Kier molecular flexibility index (Phi) is 7.73. The van der Waals surface area contributed by atoms with Gasteiger partial charge in [0.2, 0.25) is 0 Å². The van der Waals surface area contributed by atoms with Crippen LogP contribution in [0.4, 0.5) is 0 Å². The SMILES string of the molecule is CC(=O)O[C@@H]1CC[C@]2(C)[C@H]3CC(=O)C4[C@@H]5[C@@H](C)[C@H](C)CC[C@]5(C(=O)OCc5ccccc5)CC[C@@]4(C)[C@]3(C)CC[C@H]2C1(C)C. The average Bonchev–Trinajstić information content (AvgIpc) is 2.97. The Balaban J connectivity index is 1.35. The first-order chi connectivity index (χ1) is 20.6. The van der Waals surface area contributed by atoms with Crippen LogP contribution in [0.15, 0.2) is 30.3 Å². The summed E-state index contributed by atoms with van der Waals surface area (Å²) in [5, 5.41) is 0. The van der Waals surface area contributed by atoms with E-state index in [1.54, 1.807) is 0 Å². The molecular weight excluding hydrogens is 548 g/mol. The third-order valence-electron chi connectivity index (χ3n) is 15.3. The fraction of sp³-hybridized carbons (Fsp3) is 0.769. The first-order valence-electron chi connectivity index (χ1n) is 17.5. The van der Waals surface area contributed by atoms with E-state index in [1.165, 1.54) is 6.92 Å². The number of rotatable bonds is 4. The molecule has 5 nitrogen and oxygen atoms in total. The molecule has 0 heterocycles. The van der Waals surface area contributed by atoms with Gasteiger partial charge in [0.1, 0.15) is 18.5 Å². The molecule has 242 valence electrons. The highest BCUT2D eigenvalue weighted by Crippen LogP contribution is 2.76. The standard InChI is InChI=1S/C39H56O5/c1-24-14-19-39(34(42)43-23-27-12-10-9-11-13-27)21-20-38(8)33(32(39)25(24)2)28(41)22-30-36(6)17-16-31(44-26(3)40)35(4,5)29(36)15-18-37(30,38)7/h9-13,24-25,29-33H,14-23H2,1-8H3/t24-,25+,29+,30-,31-,32+,33?,36+,37-,38-,39+/m1/s1. The van der Waals surface area contributed by atoms with Gasteiger partial charge in [-0.3, -0.25) is 14.4 Å². The summed E-state index contributed by atoms with van der Waals surface area (Å²) in [6.07, 6.45) is 8.07. The minimum absolute atomic E-state index is 0.00167. The second-order valence-corrected chi connectivity index (χ2v) is 17.2. The van der Waals surface area contributed by atoms with Gasteiger partial charge in [0.15, 0.2) is 0 Å². The first kappa shape index (κ1) is 31.8. The van der Waals surface area contributed by atoms with Crippen LogP contribution in [-0.2, 0) is 30.5 Å². The van der Waals surface area contributed by atoms with E-state index in [-0.39, 0.29) is 70.0 Å². The van der Waals surface area contributed by atoms with Gasteiger partial charge in [0, 0.05) is 24.7 Å². The average molecular weight is 605 g/mol. The zero-order valence-electron chi connectivity index (χ0n) is 28.5. The third kappa shape index (κ3) is 4.40. The largest absolute Gasteiger partial charge is 0.462 e. The van der Waals surface area contributed by atoms with Crippen molar-refractivity contribution in [2.45, 2.75) is 126 Å². The van der Waals surface area contributed by atoms with Crippen LogP contribution in [0.3, 0.4) is 0 Å². The van der Waals surface area contributed by atoms with Crippen LogP contribution in [0.5, 0.6) is 0 Å². The van der Waals surface area contributed by atoms with Crippen molar-refractivity contribution in [3.8, 4) is 0 Å². The number of ketones is 1. The molecule has 1 aromatic rings. The van der Waals surface area contributed by atoms with Gasteiger partial charge in [0.05, 0.1) is 5.41 Å². The third-order valence-corrected chi connectivity index (χ3v) is 15.3. The van der Waals surface area contributed by atoms with E-state index in [9.17, 15) is 14.4 Å². The molecule has 44 heavy (non-hydrogen) atoms. The quantitative estimate of drug-likeness (QED) is 0.322. The van der Waals surface area contributed by atoms with Crippen molar-refractivity contribution in [3.05, 3.63) is 35.9 Å². The Morgan fingerprint density at radius 2 is 1.55 bits per heavy atom. The predicted molar refractivity (Wildman–Crippen MR) is 171 cm³/mol. The second kappa shape index (κ2) is 10.7. The lowest BCUT2D eigenvalue weighted by atomic mass is 9.31. The van der Waals surface area contributed by atoms with Gasteiger partial charge < -0.3 is 9.47 Å². The number of ether oxygens (including phenoxy) is 2. The van der Waals surface area contributed by atoms with Crippen LogP contribution in [0.25, 0.3) is 0 Å². The number of hydrogen-bond donors (Lipinski definition) is 0. The van der Waals surface area contributed by atoms with Gasteiger partial charge in [-0.25, -0.2) is 0 Å². The smallest absolute Gasteiger partial charge is 0.312 e. The molecule has 5 aliphatic rings. The molecule has 1 unspecified atom stereocenters. The highest BCUT2D eigenvalue weighted by molar-refractivity contribution is 5.87.